The summed E-state index contributed by atoms with van der Waals surface area (Å²) in [5.74, 6) is 0.464. The molecule has 0 amide bonds. The first kappa shape index (κ1) is 9.29. The minimum Gasteiger partial charge on any atom is -0.381 e. The van der Waals surface area contributed by atoms with Gasteiger partial charge in [-0.1, -0.05) is 0 Å². The van der Waals surface area contributed by atoms with E-state index in [0.717, 1.165) is 13.0 Å². The minimum atomic E-state index is -3.29. The van der Waals surface area contributed by atoms with Crippen LogP contribution >= 0.6 is 10.7 Å². The van der Waals surface area contributed by atoms with Gasteiger partial charge in [-0.2, -0.15) is 0 Å². The van der Waals surface area contributed by atoms with Gasteiger partial charge in [0.05, 0.1) is 5.75 Å². The van der Waals surface area contributed by atoms with Gasteiger partial charge >= 0.3 is 0 Å². The van der Waals surface area contributed by atoms with Crippen LogP contribution in [0, 0.1) is 5.92 Å². The summed E-state index contributed by atoms with van der Waals surface area (Å²) in [5, 5.41) is 0. The molecule has 1 saturated heterocycles. The number of hydrogen-bond donors (Lipinski definition) is 0. The first-order valence-electron chi connectivity index (χ1n) is 3.58. The van der Waals surface area contributed by atoms with Gasteiger partial charge in [0, 0.05) is 23.9 Å². The van der Waals surface area contributed by atoms with Gasteiger partial charge in [0.25, 0.3) is 0 Å². The van der Waals surface area contributed by atoms with Gasteiger partial charge in [-0.15, -0.1) is 0 Å². The molecule has 0 aliphatic carbocycles. The standard InChI is InChI=1S/C6H11ClO3S/c7-11(8,9)4-2-6-1-3-10-5-6/h6H,1-5H2/t6-/m1/s1. The number of hydrogen-bond acceptors (Lipinski definition) is 3. The molecule has 1 aliphatic heterocycles. The van der Waals surface area contributed by atoms with E-state index in [1.165, 1.54) is 0 Å². The van der Waals surface area contributed by atoms with Crippen molar-refractivity contribution in [3.8, 4) is 0 Å². The highest BCUT2D eigenvalue weighted by molar-refractivity contribution is 8.13. The van der Waals surface area contributed by atoms with E-state index in [4.69, 9.17) is 15.4 Å². The third kappa shape index (κ3) is 3.94. The molecular weight excluding hydrogens is 188 g/mol. The van der Waals surface area contributed by atoms with Crippen LogP contribution in [0.25, 0.3) is 0 Å². The molecule has 3 nitrogen and oxygen atoms in total. The molecule has 1 rings (SSSR count). The Balaban J connectivity index is 2.22. The van der Waals surface area contributed by atoms with Crippen molar-refractivity contribution < 1.29 is 13.2 Å². The molecule has 0 N–H and O–H groups in total. The van der Waals surface area contributed by atoms with Crippen LogP contribution in [0.4, 0.5) is 0 Å². The van der Waals surface area contributed by atoms with Gasteiger partial charge < -0.3 is 4.74 Å². The molecule has 1 aliphatic rings. The smallest absolute Gasteiger partial charge is 0.232 e. The predicted molar refractivity (Wildman–Crippen MR) is 43.2 cm³/mol. The minimum absolute atomic E-state index is 0.0720. The summed E-state index contributed by atoms with van der Waals surface area (Å²) in [5.41, 5.74) is 0. The molecule has 1 fully saturated rings. The van der Waals surface area contributed by atoms with Crippen molar-refractivity contribution >= 4 is 19.7 Å². The lowest BCUT2D eigenvalue weighted by Gasteiger charge is -2.03. The third-order valence-electron chi connectivity index (χ3n) is 1.79. The maximum Gasteiger partial charge on any atom is 0.232 e. The maximum atomic E-state index is 10.5. The van der Waals surface area contributed by atoms with E-state index in [1.54, 1.807) is 0 Å². The van der Waals surface area contributed by atoms with Crippen molar-refractivity contribution in [1.82, 2.24) is 0 Å². The van der Waals surface area contributed by atoms with E-state index in [0.29, 0.717) is 18.9 Å². The van der Waals surface area contributed by atoms with Crippen LogP contribution in [-0.4, -0.2) is 27.4 Å². The monoisotopic (exact) mass is 198 g/mol. The van der Waals surface area contributed by atoms with Crippen LogP contribution in [0.15, 0.2) is 0 Å². The molecule has 0 aromatic carbocycles. The zero-order valence-electron chi connectivity index (χ0n) is 6.12. The van der Waals surface area contributed by atoms with Crippen LogP contribution in [-0.2, 0) is 13.8 Å². The normalized spacial score (nSPS) is 25.7. The number of halogens is 1. The summed E-state index contributed by atoms with van der Waals surface area (Å²) in [4.78, 5) is 0. The van der Waals surface area contributed by atoms with Crippen LogP contribution < -0.4 is 0 Å². The first-order valence-corrected chi connectivity index (χ1v) is 6.06. The second-order valence-corrected chi connectivity index (χ2v) is 5.66. The summed E-state index contributed by atoms with van der Waals surface area (Å²) >= 11 is 0. The molecule has 0 bridgehead atoms. The summed E-state index contributed by atoms with van der Waals surface area (Å²) in [6, 6.07) is 0. The molecule has 11 heavy (non-hydrogen) atoms. The molecule has 0 aromatic rings. The Hall–Kier alpha value is 0.200. The highest BCUT2D eigenvalue weighted by Crippen LogP contribution is 2.17. The van der Waals surface area contributed by atoms with Gasteiger partial charge in [0.1, 0.15) is 0 Å². The van der Waals surface area contributed by atoms with Gasteiger partial charge in [0.15, 0.2) is 0 Å². The fourth-order valence-electron chi connectivity index (χ4n) is 1.12. The van der Waals surface area contributed by atoms with Crippen molar-refractivity contribution in [2.45, 2.75) is 12.8 Å². The second kappa shape index (κ2) is 3.74. The molecule has 5 heteroatoms. The third-order valence-corrected chi connectivity index (χ3v) is 2.98. The highest BCUT2D eigenvalue weighted by atomic mass is 35.7. The van der Waals surface area contributed by atoms with E-state index in [9.17, 15) is 8.42 Å². The fourth-order valence-corrected chi connectivity index (χ4v) is 2.00. The molecule has 1 heterocycles. The maximum absolute atomic E-state index is 10.5. The van der Waals surface area contributed by atoms with Gasteiger partial charge in [-0.25, -0.2) is 8.42 Å². The van der Waals surface area contributed by atoms with Crippen molar-refractivity contribution in [2.75, 3.05) is 19.0 Å². The highest BCUT2D eigenvalue weighted by Gasteiger charge is 2.17. The summed E-state index contributed by atoms with van der Waals surface area (Å²) < 4.78 is 26.1. The van der Waals surface area contributed by atoms with Crippen LogP contribution in [0.2, 0.25) is 0 Å². The van der Waals surface area contributed by atoms with Crippen molar-refractivity contribution in [1.29, 1.82) is 0 Å². The topological polar surface area (TPSA) is 43.4 Å². The van der Waals surface area contributed by atoms with Gasteiger partial charge in [0.2, 0.25) is 9.05 Å². The SMILES string of the molecule is O=S(=O)(Cl)CC[C@H]1CCOC1. The fraction of sp³-hybridized carbons (Fsp3) is 1.00. The largest absolute Gasteiger partial charge is 0.381 e. The van der Waals surface area contributed by atoms with E-state index >= 15 is 0 Å². The Labute approximate surface area is 71.1 Å². The second-order valence-electron chi connectivity index (χ2n) is 2.76. The van der Waals surface area contributed by atoms with Crippen LogP contribution in [0.1, 0.15) is 12.8 Å². The van der Waals surface area contributed by atoms with E-state index < -0.39 is 9.05 Å². The Bertz CT molecular complexity index is 206. The van der Waals surface area contributed by atoms with E-state index in [2.05, 4.69) is 0 Å². The first-order chi connectivity index (χ1) is 5.08. The molecule has 0 radical (unpaired) electrons. The number of rotatable bonds is 3. The van der Waals surface area contributed by atoms with E-state index in [1.807, 2.05) is 0 Å². The average molecular weight is 199 g/mol. The quantitative estimate of drug-likeness (QED) is 0.635. The average Bonchev–Trinajstić information content (AvgIpc) is 2.32. The predicted octanol–water partition coefficient (Wildman–Crippen LogP) is 0.982. The molecule has 0 aromatic heterocycles. The van der Waals surface area contributed by atoms with Crippen molar-refractivity contribution in [3.63, 3.8) is 0 Å². The lowest BCUT2D eigenvalue weighted by Crippen LogP contribution is -2.06. The van der Waals surface area contributed by atoms with E-state index in [-0.39, 0.29) is 5.75 Å². The molecule has 0 spiro atoms. The molecule has 0 saturated carbocycles. The van der Waals surface area contributed by atoms with Crippen molar-refractivity contribution in [2.24, 2.45) is 5.92 Å². The molecule has 66 valence electrons. The summed E-state index contributed by atoms with van der Waals surface area (Å²) in [7, 11) is 1.75. The van der Waals surface area contributed by atoms with Crippen LogP contribution in [0.3, 0.4) is 0 Å². The Kier molecular flexibility index (Phi) is 3.16. The molecule has 1 atom stereocenters. The lowest BCUT2D eigenvalue weighted by molar-refractivity contribution is 0.185. The van der Waals surface area contributed by atoms with Crippen LogP contribution in [0.5, 0.6) is 0 Å². The zero-order chi connectivity index (χ0) is 8.32. The molecular formula is C6H11ClO3S. The summed E-state index contributed by atoms with van der Waals surface area (Å²) in [6.45, 7) is 1.44. The Morgan fingerprint density at radius 2 is 2.27 bits per heavy atom. The van der Waals surface area contributed by atoms with Gasteiger partial charge in [-0.05, 0) is 18.8 Å². The van der Waals surface area contributed by atoms with Crippen molar-refractivity contribution in [3.05, 3.63) is 0 Å². The zero-order valence-corrected chi connectivity index (χ0v) is 7.70. The lowest BCUT2D eigenvalue weighted by atomic mass is 10.1. The van der Waals surface area contributed by atoms with Gasteiger partial charge in [-0.3, -0.25) is 0 Å². The summed E-state index contributed by atoms with van der Waals surface area (Å²) in [6.07, 6.45) is 1.60. The Morgan fingerprint density at radius 1 is 1.55 bits per heavy atom. The molecule has 0 unspecified atom stereocenters. The number of ether oxygens (including phenoxy) is 1. The Morgan fingerprint density at radius 3 is 2.73 bits per heavy atom.